The zero-order chi connectivity index (χ0) is 37.0. The lowest BCUT2D eigenvalue weighted by Gasteiger charge is -2.36. The average Bonchev–Trinajstić information content (AvgIpc) is 3.76. The van der Waals surface area contributed by atoms with Crippen LogP contribution in [0.3, 0.4) is 0 Å². The van der Waals surface area contributed by atoms with Crippen molar-refractivity contribution in [1.82, 2.24) is 20.2 Å². The van der Waals surface area contributed by atoms with Crippen molar-refractivity contribution in [3.63, 3.8) is 0 Å². The van der Waals surface area contributed by atoms with Crippen LogP contribution in [0.4, 0.5) is 6.01 Å². The van der Waals surface area contributed by atoms with E-state index in [2.05, 4.69) is 53.3 Å². The largest absolute Gasteiger partial charge is 0.488 e. The summed E-state index contributed by atoms with van der Waals surface area (Å²) in [7, 11) is 3.81. The first-order chi connectivity index (χ1) is 25.0. The SMILES string of the molecule is CN[C@H]1C[C@@H](C)N(c2nc3cc(-c4cccc(COc5cc(OCc6cncc(C#N)c6)c(CN(C)C(C)(CO)CO)cc5Cl)c4C)ccc3o2)C1. The number of hydrogen-bond acceptors (Lipinski definition) is 11. The van der Waals surface area contributed by atoms with Crippen LogP contribution in [0.1, 0.15) is 48.1 Å². The molecule has 12 heteroatoms. The van der Waals surface area contributed by atoms with Crippen LogP contribution in [0.15, 0.2) is 71.4 Å². The predicted octanol–water partition coefficient (Wildman–Crippen LogP) is 6.24. The van der Waals surface area contributed by atoms with Gasteiger partial charge in [-0.15, -0.1) is 0 Å². The number of nitrogens with one attached hydrogen (secondary N) is 1. The van der Waals surface area contributed by atoms with E-state index in [0.717, 1.165) is 57.4 Å². The monoisotopic (exact) mass is 724 g/mol. The topological polar surface area (TPSA) is 140 Å². The second-order valence-electron chi connectivity index (χ2n) is 13.8. The van der Waals surface area contributed by atoms with Crippen molar-refractivity contribution in [2.75, 3.05) is 38.8 Å². The Morgan fingerprint density at radius 2 is 1.87 bits per heavy atom. The zero-order valence-corrected chi connectivity index (χ0v) is 30.9. The summed E-state index contributed by atoms with van der Waals surface area (Å²) in [6.45, 7) is 7.18. The number of likely N-dealkylation sites (N-methyl/N-ethyl adjacent to an activating group) is 2. The van der Waals surface area contributed by atoms with Gasteiger partial charge in [-0.2, -0.15) is 10.2 Å². The molecule has 3 heterocycles. The first-order valence-electron chi connectivity index (χ1n) is 17.3. The number of rotatable bonds is 14. The van der Waals surface area contributed by atoms with Crippen molar-refractivity contribution in [3.8, 4) is 28.7 Å². The van der Waals surface area contributed by atoms with Crippen molar-refractivity contribution in [2.24, 2.45) is 0 Å². The average molecular weight is 725 g/mol. The third kappa shape index (κ3) is 7.87. The summed E-state index contributed by atoms with van der Waals surface area (Å²) < 4.78 is 18.8. The summed E-state index contributed by atoms with van der Waals surface area (Å²) in [5.41, 5.74) is 6.76. The van der Waals surface area contributed by atoms with Crippen LogP contribution in [0.5, 0.6) is 11.5 Å². The minimum absolute atomic E-state index is 0.156. The van der Waals surface area contributed by atoms with Gasteiger partial charge in [0, 0.05) is 54.8 Å². The molecule has 0 radical (unpaired) electrons. The number of ether oxygens (including phenoxy) is 2. The Labute approximate surface area is 309 Å². The number of nitriles is 1. The van der Waals surface area contributed by atoms with E-state index in [1.165, 1.54) is 6.20 Å². The highest BCUT2D eigenvalue weighted by Gasteiger charge is 2.31. The van der Waals surface area contributed by atoms with Gasteiger partial charge < -0.3 is 34.3 Å². The Hall–Kier alpha value is -4.70. The quantitative estimate of drug-likeness (QED) is 0.120. The van der Waals surface area contributed by atoms with Crippen LogP contribution in [-0.2, 0) is 19.8 Å². The molecule has 1 aliphatic heterocycles. The van der Waals surface area contributed by atoms with Gasteiger partial charge in [0.15, 0.2) is 5.58 Å². The van der Waals surface area contributed by atoms with Crippen LogP contribution >= 0.6 is 11.6 Å². The van der Waals surface area contributed by atoms with Crippen LogP contribution < -0.4 is 19.7 Å². The molecular weight excluding hydrogens is 680 g/mol. The molecule has 0 spiro atoms. The van der Waals surface area contributed by atoms with Gasteiger partial charge in [0.1, 0.15) is 36.3 Å². The van der Waals surface area contributed by atoms with Gasteiger partial charge in [0.25, 0.3) is 6.01 Å². The smallest absolute Gasteiger partial charge is 0.298 e. The summed E-state index contributed by atoms with van der Waals surface area (Å²) >= 11 is 6.82. The molecule has 2 aromatic heterocycles. The Bertz CT molecular complexity index is 2080. The lowest BCUT2D eigenvalue weighted by Crippen LogP contribution is -2.49. The van der Waals surface area contributed by atoms with Crippen molar-refractivity contribution >= 4 is 28.7 Å². The third-order valence-corrected chi connectivity index (χ3v) is 10.5. The van der Waals surface area contributed by atoms with Crippen molar-refractivity contribution in [2.45, 2.75) is 64.6 Å². The van der Waals surface area contributed by atoms with Crippen molar-refractivity contribution in [1.29, 1.82) is 5.26 Å². The normalized spacial score (nSPS) is 16.1. The molecule has 0 saturated carbocycles. The van der Waals surface area contributed by atoms with E-state index in [4.69, 9.17) is 30.5 Å². The molecule has 1 aliphatic rings. The van der Waals surface area contributed by atoms with Crippen LogP contribution in [0, 0.1) is 18.3 Å². The first kappa shape index (κ1) is 37.1. The number of anilines is 1. The minimum atomic E-state index is -0.866. The molecule has 3 aromatic carbocycles. The summed E-state index contributed by atoms with van der Waals surface area (Å²) in [5.74, 6) is 0.958. The lowest BCUT2D eigenvalue weighted by atomic mass is 9.96. The van der Waals surface area contributed by atoms with E-state index in [9.17, 15) is 15.5 Å². The van der Waals surface area contributed by atoms with Crippen LogP contribution in [-0.4, -0.2) is 76.6 Å². The number of oxazole rings is 1. The maximum atomic E-state index is 9.99. The number of aromatic nitrogens is 2. The van der Waals surface area contributed by atoms with Crippen LogP contribution in [0.25, 0.3) is 22.2 Å². The number of hydrogen-bond donors (Lipinski definition) is 3. The fourth-order valence-corrected chi connectivity index (χ4v) is 6.73. The third-order valence-electron chi connectivity index (χ3n) is 10.2. The molecule has 11 nitrogen and oxygen atoms in total. The Balaban J connectivity index is 1.23. The number of pyridine rings is 1. The van der Waals surface area contributed by atoms with Crippen molar-refractivity contribution < 1.29 is 24.1 Å². The summed E-state index contributed by atoms with van der Waals surface area (Å²) in [6, 6.07) is 21.0. The lowest BCUT2D eigenvalue weighted by molar-refractivity contribution is 0.0104. The molecule has 0 aliphatic carbocycles. The number of benzene rings is 3. The van der Waals surface area contributed by atoms with Gasteiger partial charge in [-0.25, -0.2) is 0 Å². The molecule has 272 valence electrons. The fourth-order valence-electron chi connectivity index (χ4n) is 6.49. The number of aliphatic hydroxyl groups is 2. The molecule has 52 heavy (non-hydrogen) atoms. The Kier molecular flexibility index (Phi) is 11.3. The first-order valence-corrected chi connectivity index (χ1v) is 17.7. The zero-order valence-electron chi connectivity index (χ0n) is 30.2. The highest BCUT2D eigenvalue weighted by Crippen LogP contribution is 2.37. The van der Waals surface area contributed by atoms with E-state index < -0.39 is 5.54 Å². The maximum Gasteiger partial charge on any atom is 0.298 e. The molecule has 0 bridgehead atoms. The van der Waals surface area contributed by atoms with E-state index in [1.54, 1.807) is 31.3 Å². The van der Waals surface area contributed by atoms with E-state index >= 15 is 0 Å². The predicted molar refractivity (Wildman–Crippen MR) is 202 cm³/mol. The van der Waals surface area contributed by atoms with Gasteiger partial charge in [0.05, 0.1) is 29.3 Å². The Morgan fingerprint density at radius 3 is 2.60 bits per heavy atom. The standard InChI is InChI=1S/C40H45ClN6O5/c1-25-11-32(43-4)20-47(25)39-45-35-14-29(9-10-36(35)52-39)33-8-6-7-30(26(33)2)22-51-38-15-37(50-21-28-12-27(16-42)17-44-18-28)31(13-34(38)41)19-46(5)40(3,23-48)24-49/h6-10,12-15,17-18,25,32,43,48-49H,11,19-24H2,1-5H3/t25-,32+/m1/s1. The van der Waals surface area contributed by atoms with Gasteiger partial charge in [-0.1, -0.05) is 35.9 Å². The van der Waals surface area contributed by atoms with Gasteiger partial charge in [-0.3, -0.25) is 9.88 Å². The van der Waals surface area contributed by atoms with E-state index in [-0.39, 0.29) is 26.4 Å². The molecule has 5 aromatic rings. The minimum Gasteiger partial charge on any atom is -0.488 e. The number of aliphatic hydroxyl groups excluding tert-OH is 2. The van der Waals surface area contributed by atoms with Gasteiger partial charge in [0.2, 0.25) is 0 Å². The molecule has 6 rings (SSSR count). The molecular formula is C40H45ClN6O5. The molecule has 0 unspecified atom stereocenters. The second kappa shape index (κ2) is 15.9. The molecule has 0 amide bonds. The van der Waals surface area contributed by atoms with E-state index in [1.807, 2.05) is 37.2 Å². The number of nitrogens with zero attached hydrogens (tertiary/aromatic N) is 5. The molecule has 1 saturated heterocycles. The highest BCUT2D eigenvalue weighted by atomic mass is 35.5. The number of halogens is 1. The molecule has 1 fully saturated rings. The number of fused-ring (bicyclic) bond motifs is 1. The molecule has 3 N–H and O–H groups in total. The van der Waals surface area contributed by atoms with Gasteiger partial charge >= 0.3 is 0 Å². The summed E-state index contributed by atoms with van der Waals surface area (Å²) in [5, 5.41) is 33.1. The highest BCUT2D eigenvalue weighted by molar-refractivity contribution is 6.32. The summed E-state index contributed by atoms with van der Waals surface area (Å²) in [4.78, 5) is 13.1. The Morgan fingerprint density at radius 1 is 1.08 bits per heavy atom. The van der Waals surface area contributed by atoms with Crippen molar-refractivity contribution in [3.05, 3.63) is 99.8 Å². The van der Waals surface area contributed by atoms with Crippen LogP contribution in [0.2, 0.25) is 5.02 Å². The molecule has 2 atom stereocenters. The van der Waals surface area contributed by atoms with E-state index in [0.29, 0.717) is 46.7 Å². The summed E-state index contributed by atoms with van der Waals surface area (Å²) in [6.07, 6.45) is 4.19. The maximum absolute atomic E-state index is 9.99. The second-order valence-corrected chi connectivity index (χ2v) is 14.2. The van der Waals surface area contributed by atoms with Gasteiger partial charge in [-0.05, 0) is 87.8 Å². The fraction of sp³-hybridized carbons (Fsp3) is 0.375.